The van der Waals surface area contributed by atoms with Gasteiger partial charge >= 0.3 is 0 Å². The molecule has 0 fully saturated rings. The average molecular weight is 325 g/mol. The lowest BCUT2D eigenvalue weighted by Gasteiger charge is -2.08. The normalized spacial score (nSPS) is 10.3. The predicted molar refractivity (Wildman–Crippen MR) is 76.4 cm³/mol. The highest BCUT2D eigenvalue weighted by atomic mass is 79.9. The summed E-state index contributed by atoms with van der Waals surface area (Å²) in [7, 11) is 1.44. The fourth-order valence-corrected chi connectivity index (χ4v) is 2.03. The van der Waals surface area contributed by atoms with Gasteiger partial charge in [-0.3, -0.25) is 0 Å². The number of alkyl halides is 1. The van der Waals surface area contributed by atoms with Crippen LogP contribution in [0, 0.1) is 5.82 Å². The molecule has 0 aliphatic heterocycles. The predicted octanol–water partition coefficient (Wildman–Crippen LogP) is 4.31. The maximum atomic E-state index is 13.5. The first-order chi connectivity index (χ1) is 9.22. The van der Waals surface area contributed by atoms with Gasteiger partial charge in [-0.2, -0.15) is 0 Å². The van der Waals surface area contributed by atoms with E-state index in [1.807, 2.05) is 24.3 Å². The van der Waals surface area contributed by atoms with Crippen molar-refractivity contribution >= 4 is 15.9 Å². The molecular weight excluding hydrogens is 311 g/mol. The zero-order chi connectivity index (χ0) is 13.7. The minimum atomic E-state index is -0.377. The Hall–Kier alpha value is -1.55. The third-order valence-corrected chi connectivity index (χ3v) is 3.32. The largest absolute Gasteiger partial charge is 0.494 e. The zero-order valence-corrected chi connectivity index (χ0v) is 12.1. The third-order valence-electron chi connectivity index (χ3n) is 2.67. The Kier molecular flexibility index (Phi) is 4.80. The summed E-state index contributed by atoms with van der Waals surface area (Å²) in [6, 6.07) is 12.6. The lowest BCUT2D eigenvalue weighted by atomic mass is 10.2. The summed E-state index contributed by atoms with van der Waals surface area (Å²) >= 11 is 3.39. The number of rotatable bonds is 5. The summed E-state index contributed by atoms with van der Waals surface area (Å²) in [6.45, 7) is 0.326. The minimum Gasteiger partial charge on any atom is -0.494 e. The third kappa shape index (κ3) is 3.70. The second-order valence-electron chi connectivity index (χ2n) is 4.04. The quantitative estimate of drug-likeness (QED) is 0.763. The molecule has 0 saturated carbocycles. The van der Waals surface area contributed by atoms with Crippen molar-refractivity contribution in [1.82, 2.24) is 0 Å². The number of hydrogen-bond donors (Lipinski definition) is 0. The van der Waals surface area contributed by atoms with Gasteiger partial charge in [-0.05, 0) is 35.4 Å². The number of benzene rings is 2. The van der Waals surface area contributed by atoms with Crippen molar-refractivity contribution in [1.29, 1.82) is 0 Å². The van der Waals surface area contributed by atoms with Gasteiger partial charge in [0.2, 0.25) is 0 Å². The van der Waals surface area contributed by atoms with Gasteiger partial charge in [0, 0.05) is 5.33 Å². The highest BCUT2D eigenvalue weighted by Gasteiger charge is 2.04. The summed E-state index contributed by atoms with van der Waals surface area (Å²) in [4.78, 5) is 0. The van der Waals surface area contributed by atoms with E-state index in [1.165, 1.54) is 13.2 Å². The van der Waals surface area contributed by atoms with E-state index in [4.69, 9.17) is 9.47 Å². The van der Waals surface area contributed by atoms with Crippen LogP contribution in [0.2, 0.25) is 0 Å². The number of halogens is 2. The van der Waals surface area contributed by atoms with Gasteiger partial charge < -0.3 is 9.47 Å². The van der Waals surface area contributed by atoms with Crippen LogP contribution in [-0.4, -0.2) is 7.11 Å². The van der Waals surface area contributed by atoms with Gasteiger partial charge in [-0.25, -0.2) is 4.39 Å². The fraction of sp³-hybridized carbons (Fsp3) is 0.200. The van der Waals surface area contributed by atoms with Gasteiger partial charge in [0.05, 0.1) is 7.11 Å². The lowest BCUT2D eigenvalue weighted by molar-refractivity contribution is 0.304. The first-order valence-corrected chi connectivity index (χ1v) is 6.95. The summed E-state index contributed by atoms with van der Waals surface area (Å²) < 4.78 is 24.0. The Morgan fingerprint density at radius 1 is 1.11 bits per heavy atom. The van der Waals surface area contributed by atoms with Crippen LogP contribution in [-0.2, 0) is 11.9 Å². The van der Waals surface area contributed by atoms with E-state index in [2.05, 4.69) is 15.9 Å². The summed E-state index contributed by atoms with van der Waals surface area (Å²) in [5, 5.41) is 0.779. The van der Waals surface area contributed by atoms with E-state index in [1.54, 1.807) is 12.1 Å². The van der Waals surface area contributed by atoms with Crippen molar-refractivity contribution in [3.05, 3.63) is 59.4 Å². The van der Waals surface area contributed by atoms with Gasteiger partial charge in [-0.15, -0.1) is 0 Å². The topological polar surface area (TPSA) is 18.5 Å². The molecular formula is C15H14BrFO2. The van der Waals surface area contributed by atoms with Crippen molar-refractivity contribution < 1.29 is 13.9 Å². The van der Waals surface area contributed by atoms with Crippen LogP contribution in [0.25, 0.3) is 0 Å². The maximum Gasteiger partial charge on any atom is 0.165 e. The molecule has 0 heterocycles. The molecule has 0 spiro atoms. The SMILES string of the molecule is COc1ccc(COc2cccc(CBr)c2)cc1F. The molecule has 0 unspecified atom stereocenters. The van der Waals surface area contributed by atoms with E-state index in [9.17, 15) is 4.39 Å². The Morgan fingerprint density at radius 3 is 2.63 bits per heavy atom. The van der Waals surface area contributed by atoms with Crippen molar-refractivity contribution in [2.24, 2.45) is 0 Å². The molecule has 0 aliphatic carbocycles. The monoisotopic (exact) mass is 324 g/mol. The smallest absolute Gasteiger partial charge is 0.165 e. The van der Waals surface area contributed by atoms with Gasteiger partial charge in [0.15, 0.2) is 11.6 Å². The van der Waals surface area contributed by atoms with Crippen molar-refractivity contribution in [3.8, 4) is 11.5 Å². The zero-order valence-electron chi connectivity index (χ0n) is 10.5. The minimum absolute atomic E-state index is 0.241. The van der Waals surface area contributed by atoms with Crippen LogP contribution in [0.3, 0.4) is 0 Å². The Balaban J connectivity index is 2.03. The number of hydrogen-bond acceptors (Lipinski definition) is 2. The molecule has 0 amide bonds. The van der Waals surface area contributed by atoms with Crippen molar-refractivity contribution in [2.45, 2.75) is 11.9 Å². The van der Waals surface area contributed by atoms with E-state index in [-0.39, 0.29) is 11.6 Å². The molecule has 2 rings (SSSR count). The average Bonchev–Trinajstić information content (AvgIpc) is 2.45. The standard InChI is InChI=1S/C15H14BrFO2/c1-18-15-6-5-12(8-14(15)17)10-19-13-4-2-3-11(7-13)9-16/h2-8H,9-10H2,1H3. The van der Waals surface area contributed by atoms with Crippen LogP contribution < -0.4 is 9.47 Å². The fourth-order valence-electron chi connectivity index (χ4n) is 1.68. The molecule has 2 aromatic carbocycles. The Morgan fingerprint density at radius 2 is 1.95 bits per heavy atom. The molecule has 0 bridgehead atoms. The maximum absolute atomic E-state index is 13.5. The second kappa shape index (κ2) is 6.57. The van der Waals surface area contributed by atoms with Crippen molar-refractivity contribution in [3.63, 3.8) is 0 Å². The molecule has 4 heteroatoms. The van der Waals surface area contributed by atoms with E-state index in [0.717, 1.165) is 22.2 Å². The molecule has 0 N–H and O–H groups in total. The number of ether oxygens (including phenoxy) is 2. The highest BCUT2D eigenvalue weighted by Crippen LogP contribution is 2.20. The Bertz CT molecular complexity index is 558. The lowest BCUT2D eigenvalue weighted by Crippen LogP contribution is -1.97. The Labute approximate surface area is 120 Å². The van der Waals surface area contributed by atoms with Gasteiger partial charge in [-0.1, -0.05) is 34.1 Å². The van der Waals surface area contributed by atoms with E-state index in [0.29, 0.717) is 6.61 Å². The first-order valence-electron chi connectivity index (χ1n) is 5.83. The molecule has 0 aliphatic rings. The molecule has 2 aromatic rings. The molecule has 0 saturated heterocycles. The first kappa shape index (κ1) is 13.9. The van der Waals surface area contributed by atoms with E-state index < -0.39 is 0 Å². The summed E-state index contributed by atoms with van der Waals surface area (Å²) in [6.07, 6.45) is 0. The van der Waals surface area contributed by atoms with Crippen molar-refractivity contribution in [2.75, 3.05) is 7.11 Å². The van der Waals surface area contributed by atoms with Gasteiger partial charge in [0.1, 0.15) is 12.4 Å². The second-order valence-corrected chi connectivity index (χ2v) is 4.60. The van der Waals surface area contributed by atoms with Crippen LogP contribution in [0.15, 0.2) is 42.5 Å². The molecule has 19 heavy (non-hydrogen) atoms. The van der Waals surface area contributed by atoms with Crippen LogP contribution in [0.1, 0.15) is 11.1 Å². The molecule has 100 valence electrons. The summed E-state index contributed by atoms with van der Waals surface area (Å²) in [5.41, 5.74) is 1.90. The number of methoxy groups -OCH3 is 1. The van der Waals surface area contributed by atoms with Crippen LogP contribution in [0.5, 0.6) is 11.5 Å². The summed E-state index contributed by atoms with van der Waals surface area (Å²) in [5.74, 6) is 0.635. The molecule has 0 atom stereocenters. The molecule has 0 radical (unpaired) electrons. The molecule has 0 aromatic heterocycles. The van der Waals surface area contributed by atoms with Crippen LogP contribution in [0.4, 0.5) is 4.39 Å². The van der Waals surface area contributed by atoms with Gasteiger partial charge in [0.25, 0.3) is 0 Å². The highest BCUT2D eigenvalue weighted by molar-refractivity contribution is 9.08. The molecule has 2 nitrogen and oxygen atoms in total. The van der Waals surface area contributed by atoms with E-state index >= 15 is 0 Å². The van der Waals surface area contributed by atoms with Crippen LogP contribution >= 0.6 is 15.9 Å².